The Bertz CT molecular complexity index is 498. The van der Waals surface area contributed by atoms with Crippen LogP contribution >= 0.6 is 0 Å². The molecule has 23 heavy (non-hydrogen) atoms. The van der Waals surface area contributed by atoms with E-state index < -0.39 is 23.1 Å². The van der Waals surface area contributed by atoms with Crippen molar-refractivity contribution < 1.29 is 23.8 Å². The zero-order chi connectivity index (χ0) is 17.5. The predicted octanol–water partition coefficient (Wildman–Crippen LogP) is 2.91. The average Bonchev–Trinajstić information content (AvgIpc) is 2.46. The first-order valence-electron chi connectivity index (χ1n) is 7.83. The molecule has 0 fully saturated rings. The molecule has 0 saturated carbocycles. The number of carbonyl (C=O) groups is 2. The van der Waals surface area contributed by atoms with Crippen LogP contribution in [-0.4, -0.2) is 36.4 Å². The standard InChI is InChI=1S/C18H26O5/c1-6-21-15(19)18(16(20)22-7-2,23-17(3,4)5)13-14-11-9-8-10-12-14/h8-12H,6-7,13H2,1-5H3. The number of esters is 2. The van der Waals surface area contributed by atoms with Gasteiger partial charge in [0.2, 0.25) is 0 Å². The van der Waals surface area contributed by atoms with Crippen LogP contribution in [0.4, 0.5) is 0 Å². The van der Waals surface area contributed by atoms with Gasteiger partial charge in [-0.05, 0) is 40.2 Å². The van der Waals surface area contributed by atoms with Gasteiger partial charge in [0, 0.05) is 6.42 Å². The van der Waals surface area contributed by atoms with Crippen LogP contribution in [0.5, 0.6) is 0 Å². The van der Waals surface area contributed by atoms with Gasteiger partial charge in [-0.15, -0.1) is 0 Å². The maximum absolute atomic E-state index is 12.6. The minimum absolute atomic E-state index is 0.0583. The minimum Gasteiger partial charge on any atom is -0.463 e. The van der Waals surface area contributed by atoms with Crippen molar-refractivity contribution in [1.29, 1.82) is 0 Å². The molecule has 5 nitrogen and oxygen atoms in total. The van der Waals surface area contributed by atoms with Gasteiger partial charge in [0.15, 0.2) is 0 Å². The molecule has 0 aliphatic carbocycles. The molecule has 0 bridgehead atoms. The van der Waals surface area contributed by atoms with Gasteiger partial charge in [0.1, 0.15) is 0 Å². The van der Waals surface area contributed by atoms with Crippen LogP contribution in [0.1, 0.15) is 40.2 Å². The van der Waals surface area contributed by atoms with Gasteiger partial charge in [0.25, 0.3) is 5.60 Å². The summed E-state index contributed by atoms with van der Waals surface area (Å²) in [4.78, 5) is 25.2. The van der Waals surface area contributed by atoms with Crippen molar-refractivity contribution in [1.82, 2.24) is 0 Å². The molecule has 5 heteroatoms. The van der Waals surface area contributed by atoms with Crippen molar-refractivity contribution in [3.05, 3.63) is 35.9 Å². The van der Waals surface area contributed by atoms with E-state index in [1.807, 2.05) is 30.3 Å². The predicted molar refractivity (Wildman–Crippen MR) is 87.0 cm³/mol. The molecule has 0 N–H and O–H groups in total. The zero-order valence-electron chi connectivity index (χ0n) is 14.5. The van der Waals surface area contributed by atoms with Crippen LogP contribution in [0.2, 0.25) is 0 Å². The fraction of sp³-hybridized carbons (Fsp3) is 0.556. The number of ether oxygens (including phenoxy) is 3. The molecule has 0 aliphatic rings. The van der Waals surface area contributed by atoms with Crippen molar-refractivity contribution in [3.8, 4) is 0 Å². The molecule has 128 valence electrons. The maximum Gasteiger partial charge on any atom is 0.350 e. The van der Waals surface area contributed by atoms with E-state index in [1.54, 1.807) is 34.6 Å². The molecule has 0 radical (unpaired) electrons. The summed E-state index contributed by atoms with van der Waals surface area (Å²) in [6.45, 7) is 9.03. The number of carbonyl (C=O) groups excluding carboxylic acids is 2. The molecule has 0 spiro atoms. The first-order chi connectivity index (χ1) is 10.7. The largest absolute Gasteiger partial charge is 0.463 e. The van der Waals surface area contributed by atoms with Gasteiger partial charge in [0.05, 0.1) is 18.8 Å². The quantitative estimate of drug-likeness (QED) is 0.570. The van der Waals surface area contributed by atoms with Gasteiger partial charge in [-0.3, -0.25) is 0 Å². The summed E-state index contributed by atoms with van der Waals surface area (Å²) in [7, 11) is 0. The van der Waals surface area contributed by atoms with Crippen LogP contribution in [-0.2, 0) is 30.2 Å². The van der Waals surface area contributed by atoms with E-state index in [-0.39, 0.29) is 19.6 Å². The van der Waals surface area contributed by atoms with Crippen molar-refractivity contribution in [2.24, 2.45) is 0 Å². The molecule has 0 aliphatic heterocycles. The molecular formula is C18H26O5. The average molecular weight is 322 g/mol. The first-order valence-corrected chi connectivity index (χ1v) is 7.83. The Labute approximate surface area is 137 Å². The summed E-state index contributed by atoms with van der Waals surface area (Å²) in [5, 5.41) is 0. The summed E-state index contributed by atoms with van der Waals surface area (Å²) in [5.41, 5.74) is -1.75. The number of hydrogen-bond acceptors (Lipinski definition) is 5. The SMILES string of the molecule is CCOC(=O)C(Cc1ccccc1)(OC(C)(C)C)C(=O)OCC. The van der Waals surface area contributed by atoms with E-state index in [0.717, 1.165) is 5.56 Å². The highest BCUT2D eigenvalue weighted by atomic mass is 16.6. The lowest BCUT2D eigenvalue weighted by Gasteiger charge is -2.35. The Morgan fingerprint density at radius 2 is 1.39 bits per heavy atom. The van der Waals surface area contributed by atoms with Gasteiger partial charge >= 0.3 is 11.9 Å². The number of benzene rings is 1. The summed E-state index contributed by atoms with van der Waals surface area (Å²) in [5.74, 6) is -1.45. The van der Waals surface area contributed by atoms with Crippen molar-refractivity contribution in [2.45, 2.75) is 52.2 Å². The Morgan fingerprint density at radius 1 is 0.913 bits per heavy atom. The maximum atomic E-state index is 12.6. The monoisotopic (exact) mass is 322 g/mol. The second-order valence-corrected chi connectivity index (χ2v) is 6.14. The Hall–Kier alpha value is -1.88. The lowest BCUT2D eigenvalue weighted by Crippen LogP contribution is -2.56. The lowest BCUT2D eigenvalue weighted by molar-refractivity contribution is -0.206. The van der Waals surface area contributed by atoms with Crippen molar-refractivity contribution >= 4 is 11.9 Å². The van der Waals surface area contributed by atoms with E-state index in [4.69, 9.17) is 14.2 Å². The molecule has 0 aromatic heterocycles. The molecular weight excluding hydrogens is 296 g/mol. The second-order valence-electron chi connectivity index (χ2n) is 6.14. The van der Waals surface area contributed by atoms with Crippen LogP contribution in [0.25, 0.3) is 0 Å². The second kappa shape index (κ2) is 8.11. The molecule has 0 amide bonds. The molecule has 1 rings (SSSR count). The summed E-state index contributed by atoms with van der Waals surface area (Å²) in [6.07, 6.45) is 0.0583. The summed E-state index contributed by atoms with van der Waals surface area (Å²) in [6, 6.07) is 9.21. The Morgan fingerprint density at radius 3 is 1.78 bits per heavy atom. The van der Waals surface area contributed by atoms with E-state index in [0.29, 0.717) is 0 Å². The fourth-order valence-electron chi connectivity index (χ4n) is 2.25. The summed E-state index contributed by atoms with van der Waals surface area (Å²) >= 11 is 0. The first kappa shape index (κ1) is 19.2. The summed E-state index contributed by atoms with van der Waals surface area (Å²) < 4.78 is 16.2. The highest BCUT2D eigenvalue weighted by Crippen LogP contribution is 2.28. The van der Waals surface area contributed by atoms with Gasteiger partial charge in [-0.1, -0.05) is 30.3 Å². The fourth-order valence-corrected chi connectivity index (χ4v) is 2.25. The highest BCUT2D eigenvalue weighted by Gasteiger charge is 2.52. The highest BCUT2D eigenvalue weighted by molar-refractivity contribution is 6.04. The molecule has 0 atom stereocenters. The Balaban J connectivity index is 3.31. The van der Waals surface area contributed by atoms with Crippen molar-refractivity contribution in [2.75, 3.05) is 13.2 Å². The van der Waals surface area contributed by atoms with E-state index >= 15 is 0 Å². The van der Waals surface area contributed by atoms with Crippen LogP contribution in [0.3, 0.4) is 0 Å². The van der Waals surface area contributed by atoms with E-state index in [1.165, 1.54) is 0 Å². The minimum atomic E-state index is -1.81. The normalized spacial score (nSPS) is 11.9. The molecule has 1 aromatic rings. The zero-order valence-corrected chi connectivity index (χ0v) is 14.5. The number of hydrogen-bond donors (Lipinski definition) is 0. The van der Waals surface area contributed by atoms with E-state index in [9.17, 15) is 9.59 Å². The van der Waals surface area contributed by atoms with Gasteiger partial charge in [-0.25, -0.2) is 9.59 Å². The van der Waals surface area contributed by atoms with Gasteiger partial charge < -0.3 is 14.2 Å². The molecule has 0 heterocycles. The third-order valence-corrected chi connectivity index (χ3v) is 2.99. The molecule has 0 unspecified atom stereocenters. The van der Waals surface area contributed by atoms with Crippen molar-refractivity contribution in [3.63, 3.8) is 0 Å². The third-order valence-electron chi connectivity index (χ3n) is 2.99. The van der Waals surface area contributed by atoms with Crippen LogP contribution in [0, 0.1) is 0 Å². The van der Waals surface area contributed by atoms with Crippen LogP contribution in [0.15, 0.2) is 30.3 Å². The van der Waals surface area contributed by atoms with Gasteiger partial charge in [-0.2, -0.15) is 0 Å². The molecule has 0 saturated heterocycles. The lowest BCUT2D eigenvalue weighted by atomic mass is 9.92. The third kappa shape index (κ3) is 5.36. The Kier molecular flexibility index (Phi) is 6.76. The molecule has 1 aromatic carbocycles. The van der Waals surface area contributed by atoms with Crippen LogP contribution < -0.4 is 0 Å². The smallest absolute Gasteiger partial charge is 0.350 e. The number of rotatable bonds is 7. The van der Waals surface area contributed by atoms with E-state index in [2.05, 4.69) is 0 Å². The topological polar surface area (TPSA) is 61.8 Å².